The van der Waals surface area contributed by atoms with Crippen LogP contribution in [0, 0.1) is 19.7 Å². The quantitative estimate of drug-likeness (QED) is 0.203. The van der Waals surface area contributed by atoms with E-state index in [1.54, 1.807) is 42.2 Å². The summed E-state index contributed by atoms with van der Waals surface area (Å²) in [6.45, 7) is 11.9. The fraction of sp³-hybridized carbons (Fsp3) is 0.333. The predicted octanol–water partition coefficient (Wildman–Crippen LogP) is 5.67. The summed E-state index contributed by atoms with van der Waals surface area (Å²) >= 11 is 0. The molecule has 4 rings (SSSR count). The maximum atomic E-state index is 14.3. The van der Waals surface area contributed by atoms with Crippen molar-refractivity contribution >= 4 is 11.8 Å². The number of amides is 2. The number of rotatable bonds is 12. The van der Waals surface area contributed by atoms with Crippen LogP contribution in [0.25, 0.3) is 0 Å². The van der Waals surface area contributed by atoms with Crippen molar-refractivity contribution in [3.63, 3.8) is 0 Å². The molecule has 0 spiro atoms. The molecule has 0 bridgehead atoms. The van der Waals surface area contributed by atoms with Crippen LogP contribution in [0.2, 0.25) is 0 Å². The minimum absolute atomic E-state index is 0.206. The van der Waals surface area contributed by atoms with Gasteiger partial charge in [0.05, 0.1) is 37.0 Å². The largest absolute Gasteiger partial charge is 0.374 e. The Morgan fingerprint density at radius 3 is 2.67 bits per heavy atom. The maximum Gasteiger partial charge on any atom is 0.267 e. The first kappa shape index (κ1) is 33.3. The van der Waals surface area contributed by atoms with Gasteiger partial charge >= 0.3 is 0 Å². The van der Waals surface area contributed by atoms with Crippen LogP contribution in [-0.2, 0) is 16.0 Å². The van der Waals surface area contributed by atoms with Gasteiger partial charge in [-0.25, -0.2) is 9.49 Å². The molecule has 8 nitrogen and oxygen atoms in total. The van der Waals surface area contributed by atoms with Gasteiger partial charge in [-0.3, -0.25) is 14.4 Å². The van der Waals surface area contributed by atoms with Crippen LogP contribution < -0.4 is 10.9 Å². The topological polar surface area (TPSA) is 104 Å². The lowest BCUT2D eigenvalue weighted by Crippen LogP contribution is -2.53. The number of nitrogens with zero attached hydrogens (tertiary/aromatic N) is 2. The van der Waals surface area contributed by atoms with Crippen LogP contribution >= 0.6 is 0 Å². The second-order valence-corrected chi connectivity index (χ2v) is 11.4. The molecule has 2 atom stereocenters. The summed E-state index contributed by atoms with van der Waals surface area (Å²) < 4.78 is 20.4. The Bertz CT molecular complexity index is 1680. The molecule has 1 aliphatic rings. The molecule has 0 radical (unpaired) electrons. The van der Waals surface area contributed by atoms with Crippen LogP contribution in [-0.4, -0.2) is 52.2 Å². The molecular formula is C36H41FN4O4. The molecule has 0 saturated carbocycles. The van der Waals surface area contributed by atoms with Crippen molar-refractivity contribution in [2.45, 2.75) is 58.5 Å². The van der Waals surface area contributed by atoms with Gasteiger partial charge in [-0.05, 0) is 93.1 Å². The number of nitrogens with one attached hydrogen (secondary N) is 2. The Hall–Kier alpha value is -4.63. The molecule has 2 N–H and O–H groups in total. The highest BCUT2D eigenvalue weighted by Crippen LogP contribution is 2.44. The zero-order valence-corrected chi connectivity index (χ0v) is 26.4. The van der Waals surface area contributed by atoms with Crippen molar-refractivity contribution < 1.29 is 18.7 Å². The summed E-state index contributed by atoms with van der Waals surface area (Å²) in [7, 11) is 0. The number of aromatic nitrogens is 2. The van der Waals surface area contributed by atoms with Crippen LogP contribution in [0.3, 0.4) is 0 Å². The van der Waals surface area contributed by atoms with E-state index in [1.807, 2.05) is 51.1 Å². The highest BCUT2D eigenvalue weighted by atomic mass is 19.1. The molecule has 1 aliphatic heterocycles. The lowest BCUT2D eigenvalue weighted by molar-refractivity contribution is -0.137. The van der Waals surface area contributed by atoms with Gasteiger partial charge in [0.25, 0.3) is 11.5 Å². The van der Waals surface area contributed by atoms with E-state index in [2.05, 4.69) is 22.1 Å². The number of likely N-dealkylation sites (tertiary alicyclic amines) is 1. The third-order valence-corrected chi connectivity index (χ3v) is 8.29. The van der Waals surface area contributed by atoms with Gasteiger partial charge < -0.3 is 15.0 Å². The molecular weight excluding hydrogens is 571 g/mol. The Morgan fingerprint density at radius 2 is 1.98 bits per heavy atom. The number of aryl methyl sites for hydroxylation is 2. The van der Waals surface area contributed by atoms with Gasteiger partial charge in [0.15, 0.2) is 0 Å². The summed E-state index contributed by atoms with van der Waals surface area (Å²) in [5, 5.41) is 9.19. The van der Waals surface area contributed by atoms with E-state index >= 15 is 0 Å². The van der Waals surface area contributed by atoms with E-state index in [0.717, 1.165) is 16.7 Å². The highest BCUT2D eigenvalue weighted by molar-refractivity contribution is 5.97. The number of hydrogen-bond donors (Lipinski definition) is 2. The number of carbonyl (C=O) groups is 2. The molecule has 9 heteroatoms. The zero-order chi connectivity index (χ0) is 32.6. The fourth-order valence-corrected chi connectivity index (χ4v) is 5.86. The maximum absolute atomic E-state index is 14.3. The van der Waals surface area contributed by atoms with E-state index < -0.39 is 17.5 Å². The summed E-state index contributed by atoms with van der Waals surface area (Å²) in [5.41, 5.74) is 4.04. The lowest BCUT2D eigenvalue weighted by Gasteiger charge is -2.39. The first-order valence-electron chi connectivity index (χ1n) is 15.1. The van der Waals surface area contributed by atoms with E-state index in [0.29, 0.717) is 48.3 Å². The fourth-order valence-electron chi connectivity index (χ4n) is 5.86. The summed E-state index contributed by atoms with van der Waals surface area (Å²) in [4.78, 5) is 41.0. The monoisotopic (exact) mass is 612 g/mol. The summed E-state index contributed by atoms with van der Waals surface area (Å²) in [5.74, 6) is -1.10. The van der Waals surface area contributed by atoms with Crippen molar-refractivity contribution in [3.05, 3.63) is 135 Å². The van der Waals surface area contributed by atoms with Crippen molar-refractivity contribution in [1.82, 2.24) is 20.4 Å². The van der Waals surface area contributed by atoms with Gasteiger partial charge in [0, 0.05) is 17.5 Å². The number of ether oxygens (including phenoxy) is 1. The average molecular weight is 613 g/mol. The predicted molar refractivity (Wildman–Crippen MR) is 173 cm³/mol. The minimum Gasteiger partial charge on any atom is -0.374 e. The van der Waals surface area contributed by atoms with Gasteiger partial charge in [-0.1, -0.05) is 42.5 Å². The zero-order valence-electron chi connectivity index (χ0n) is 26.4. The third kappa shape index (κ3) is 7.91. The third-order valence-electron chi connectivity index (χ3n) is 8.29. The number of carbonyl (C=O) groups excluding carboxylic acids is 2. The number of halogens is 1. The normalized spacial score (nSPS) is 18.4. The van der Waals surface area contributed by atoms with Crippen LogP contribution in [0.15, 0.2) is 89.8 Å². The lowest BCUT2D eigenvalue weighted by atomic mass is 9.97. The van der Waals surface area contributed by atoms with Gasteiger partial charge in [0.2, 0.25) is 5.91 Å². The van der Waals surface area contributed by atoms with Crippen LogP contribution in [0.1, 0.15) is 71.0 Å². The SMILES string of the molecule is C=C[C@@]1(COCC(/C=C\C)=C/C)CC[C@@H](c2cccc(F)c2)N1C(=O)CNC(=O)c1ccc(Cc2cc(C)n[nH]c2=O)c(C)c1. The number of aromatic amines is 1. The Balaban J connectivity index is 1.51. The number of hydrogen-bond acceptors (Lipinski definition) is 5. The molecule has 1 fully saturated rings. The second-order valence-electron chi connectivity index (χ2n) is 11.4. The van der Waals surface area contributed by atoms with Crippen molar-refractivity contribution in [2.75, 3.05) is 19.8 Å². The Kier molecular flexibility index (Phi) is 11.0. The van der Waals surface area contributed by atoms with Crippen molar-refractivity contribution in [2.24, 2.45) is 0 Å². The van der Waals surface area contributed by atoms with E-state index in [4.69, 9.17) is 4.74 Å². The average Bonchev–Trinajstić information content (AvgIpc) is 3.41. The van der Waals surface area contributed by atoms with Gasteiger partial charge in [0.1, 0.15) is 5.82 Å². The highest BCUT2D eigenvalue weighted by Gasteiger charge is 2.47. The van der Waals surface area contributed by atoms with E-state index in [9.17, 15) is 18.8 Å². The molecule has 0 aliphatic carbocycles. The molecule has 0 unspecified atom stereocenters. The second kappa shape index (κ2) is 14.9. The molecule has 2 aromatic carbocycles. The number of benzene rings is 2. The standard InChI is InChI=1S/C36H41FN4O4/c1-6-10-26(7-2)22-45-23-36(8-3)16-15-32(28-11-9-12-31(37)20-28)41(36)33(42)21-38-34(43)29-14-13-27(24(4)17-29)19-30-18-25(5)39-40-35(30)44/h6-14,17-18,20,32H,3,15-16,19,21-23H2,1-2,4-5H3,(H,38,43)(H,40,44)/b10-6-,26-7+/t32-,36-/m0/s1. The smallest absolute Gasteiger partial charge is 0.267 e. The number of H-pyrrole nitrogens is 1. The molecule has 45 heavy (non-hydrogen) atoms. The molecule has 1 saturated heterocycles. The first-order chi connectivity index (χ1) is 21.6. The van der Waals surface area contributed by atoms with Crippen LogP contribution in [0.5, 0.6) is 0 Å². The van der Waals surface area contributed by atoms with Crippen molar-refractivity contribution in [1.29, 1.82) is 0 Å². The van der Waals surface area contributed by atoms with Crippen molar-refractivity contribution in [3.8, 4) is 0 Å². The molecule has 2 amide bonds. The molecule has 1 aromatic heterocycles. The Morgan fingerprint density at radius 1 is 1.18 bits per heavy atom. The van der Waals surface area contributed by atoms with E-state index in [1.165, 1.54) is 12.1 Å². The first-order valence-corrected chi connectivity index (χ1v) is 15.1. The molecule has 236 valence electrons. The van der Waals surface area contributed by atoms with Gasteiger partial charge in [-0.2, -0.15) is 5.10 Å². The summed E-state index contributed by atoms with van der Waals surface area (Å²) in [6, 6.07) is 12.8. The van der Waals surface area contributed by atoms with Crippen LogP contribution in [0.4, 0.5) is 4.39 Å². The molecule has 2 heterocycles. The Labute approximate surface area is 263 Å². The minimum atomic E-state index is -0.838. The molecule has 3 aromatic rings. The van der Waals surface area contributed by atoms with Gasteiger partial charge in [-0.15, -0.1) is 6.58 Å². The number of allylic oxidation sites excluding steroid dienone is 2. The van der Waals surface area contributed by atoms with E-state index in [-0.39, 0.29) is 30.4 Å². The summed E-state index contributed by atoms with van der Waals surface area (Å²) in [6.07, 6.45) is 9.17.